The Balaban J connectivity index is 1.90. The van der Waals surface area contributed by atoms with Gasteiger partial charge in [-0.05, 0) is 55.6 Å². The van der Waals surface area contributed by atoms with Crippen LogP contribution < -0.4 is 0 Å². The van der Waals surface area contributed by atoms with Crippen LogP contribution in [0.15, 0.2) is 24.3 Å². The maximum Gasteiger partial charge on any atom is 0.308 e. The van der Waals surface area contributed by atoms with E-state index in [1.54, 1.807) is 0 Å². The minimum absolute atomic E-state index is 0.0209. The predicted octanol–water partition coefficient (Wildman–Crippen LogP) is 3.77. The van der Waals surface area contributed by atoms with Gasteiger partial charge in [-0.3, -0.25) is 4.79 Å². The number of rotatable bonds is 4. The molecule has 0 bridgehead atoms. The van der Waals surface area contributed by atoms with E-state index in [1.807, 2.05) is 0 Å². The van der Waals surface area contributed by atoms with Crippen molar-refractivity contribution in [2.24, 2.45) is 11.8 Å². The fourth-order valence-corrected chi connectivity index (χ4v) is 3.18. The molecule has 19 heavy (non-hydrogen) atoms. The summed E-state index contributed by atoms with van der Waals surface area (Å²) in [7, 11) is 1.49. The van der Waals surface area contributed by atoms with Crippen molar-refractivity contribution in [3.8, 4) is 0 Å². The van der Waals surface area contributed by atoms with Crippen molar-refractivity contribution in [3.63, 3.8) is 0 Å². The van der Waals surface area contributed by atoms with Crippen LogP contribution in [0.1, 0.15) is 43.7 Å². The van der Waals surface area contributed by atoms with E-state index < -0.39 is 0 Å². The largest absolute Gasteiger partial charge is 0.469 e. The van der Waals surface area contributed by atoms with Gasteiger partial charge in [0.1, 0.15) is 0 Å². The van der Waals surface area contributed by atoms with Gasteiger partial charge in [0.05, 0.1) is 13.0 Å². The summed E-state index contributed by atoms with van der Waals surface area (Å²) >= 11 is 0. The molecule has 1 aliphatic rings. The molecule has 2 nitrogen and oxygen atoms in total. The van der Waals surface area contributed by atoms with Gasteiger partial charge in [-0.2, -0.15) is 0 Å². The molecule has 0 aliphatic heterocycles. The van der Waals surface area contributed by atoms with Crippen LogP contribution in [0.25, 0.3) is 0 Å². The van der Waals surface area contributed by atoms with Gasteiger partial charge in [0.25, 0.3) is 0 Å². The summed E-state index contributed by atoms with van der Waals surface area (Å²) in [6.07, 6.45) is 6.55. The number of benzene rings is 1. The van der Waals surface area contributed by atoms with Crippen LogP contribution in [0.2, 0.25) is 0 Å². The van der Waals surface area contributed by atoms with E-state index >= 15 is 0 Å². The molecular formula is C17H24O2. The quantitative estimate of drug-likeness (QED) is 0.770. The Labute approximate surface area is 116 Å². The van der Waals surface area contributed by atoms with Gasteiger partial charge in [-0.15, -0.1) is 0 Å². The molecule has 0 N–H and O–H groups in total. The fraction of sp³-hybridized carbons (Fsp3) is 0.588. The van der Waals surface area contributed by atoms with Gasteiger partial charge in [0, 0.05) is 0 Å². The summed E-state index contributed by atoms with van der Waals surface area (Å²) in [6, 6.07) is 8.74. The molecule has 0 atom stereocenters. The van der Waals surface area contributed by atoms with Gasteiger partial charge in [0.2, 0.25) is 0 Å². The normalized spacial score (nSPS) is 23.1. The number of aryl methyl sites for hydroxylation is 1. The van der Waals surface area contributed by atoms with E-state index in [4.69, 9.17) is 4.74 Å². The van der Waals surface area contributed by atoms with E-state index in [-0.39, 0.29) is 11.9 Å². The second-order valence-electron chi connectivity index (χ2n) is 5.57. The van der Waals surface area contributed by atoms with Crippen molar-refractivity contribution in [3.05, 3.63) is 35.4 Å². The first kappa shape index (κ1) is 14.1. The van der Waals surface area contributed by atoms with Gasteiger partial charge in [-0.1, -0.05) is 31.2 Å². The summed E-state index contributed by atoms with van der Waals surface area (Å²) in [4.78, 5) is 11.5. The topological polar surface area (TPSA) is 26.3 Å². The van der Waals surface area contributed by atoms with Gasteiger partial charge in [0.15, 0.2) is 0 Å². The predicted molar refractivity (Wildman–Crippen MR) is 77.0 cm³/mol. The lowest BCUT2D eigenvalue weighted by Crippen LogP contribution is -2.23. The van der Waals surface area contributed by atoms with Gasteiger partial charge >= 0.3 is 5.97 Å². The van der Waals surface area contributed by atoms with E-state index in [0.717, 1.165) is 44.4 Å². The molecule has 1 aromatic carbocycles. The van der Waals surface area contributed by atoms with E-state index in [2.05, 4.69) is 31.2 Å². The first-order valence-corrected chi connectivity index (χ1v) is 7.39. The first-order valence-electron chi connectivity index (χ1n) is 7.39. The van der Waals surface area contributed by atoms with Crippen molar-refractivity contribution in [1.82, 2.24) is 0 Å². The average molecular weight is 260 g/mol. The Morgan fingerprint density at radius 1 is 1.16 bits per heavy atom. The Kier molecular flexibility index (Phi) is 5.00. The summed E-state index contributed by atoms with van der Waals surface area (Å²) < 4.78 is 4.84. The first-order chi connectivity index (χ1) is 9.24. The third-order valence-electron chi connectivity index (χ3n) is 4.39. The molecule has 104 valence electrons. The molecule has 0 amide bonds. The molecule has 2 rings (SSSR count). The van der Waals surface area contributed by atoms with E-state index in [1.165, 1.54) is 18.2 Å². The molecule has 0 heterocycles. The molecule has 0 spiro atoms. The molecule has 1 fully saturated rings. The molecule has 1 aliphatic carbocycles. The van der Waals surface area contributed by atoms with Crippen molar-refractivity contribution in [2.75, 3.05) is 7.11 Å². The smallest absolute Gasteiger partial charge is 0.308 e. The highest BCUT2D eigenvalue weighted by Gasteiger charge is 2.27. The van der Waals surface area contributed by atoms with Crippen LogP contribution in [-0.4, -0.2) is 13.1 Å². The minimum Gasteiger partial charge on any atom is -0.469 e. The lowest BCUT2D eigenvalue weighted by Gasteiger charge is -2.27. The zero-order valence-electron chi connectivity index (χ0n) is 12.0. The van der Waals surface area contributed by atoms with Crippen LogP contribution in [0, 0.1) is 11.8 Å². The highest BCUT2D eigenvalue weighted by Crippen LogP contribution is 2.32. The number of esters is 1. The van der Waals surface area contributed by atoms with Crippen molar-refractivity contribution < 1.29 is 9.53 Å². The van der Waals surface area contributed by atoms with Gasteiger partial charge < -0.3 is 4.74 Å². The molecule has 1 aromatic rings. The fourth-order valence-electron chi connectivity index (χ4n) is 3.18. The lowest BCUT2D eigenvalue weighted by molar-refractivity contribution is -0.146. The van der Waals surface area contributed by atoms with E-state index in [0.29, 0.717) is 0 Å². The van der Waals surface area contributed by atoms with Gasteiger partial charge in [-0.25, -0.2) is 0 Å². The number of carbonyl (C=O) groups excluding carboxylic acids is 1. The molecule has 1 saturated carbocycles. The molecule has 2 heteroatoms. The van der Waals surface area contributed by atoms with Crippen molar-refractivity contribution in [1.29, 1.82) is 0 Å². The highest BCUT2D eigenvalue weighted by atomic mass is 16.5. The van der Waals surface area contributed by atoms with Crippen LogP contribution in [0.3, 0.4) is 0 Å². The summed E-state index contributed by atoms with van der Waals surface area (Å²) in [5.41, 5.74) is 2.96. The summed E-state index contributed by atoms with van der Waals surface area (Å²) in [5.74, 6) is 0.851. The number of methoxy groups -OCH3 is 1. The lowest BCUT2D eigenvalue weighted by atomic mass is 9.78. The number of carbonyl (C=O) groups is 1. The maximum absolute atomic E-state index is 11.5. The molecule has 0 unspecified atom stereocenters. The van der Waals surface area contributed by atoms with Crippen LogP contribution >= 0.6 is 0 Å². The average Bonchev–Trinajstić information content (AvgIpc) is 2.48. The standard InChI is InChI=1S/C17H24O2/c1-3-14-6-4-5-7-16(14)12-13-8-10-15(11-9-13)17(18)19-2/h4-7,13,15H,3,8-12H2,1-2H3. The third-order valence-corrected chi connectivity index (χ3v) is 4.39. The Hall–Kier alpha value is -1.31. The zero-order valence-corrected chi connectivity index (χ0v) is 12.0. The van der Waals surface area contributed by atoms with Crippen LogP contribution in [0.5, 0.6) is 0 Å². The van der Waals surface area contributed by atoms with Crippen LogP contribution in [0.4, 0.5) is 0 Å². The second kappa shape index (κ2) is 6.74. The Bertz CT molecular complexity index is 417. The number of hydrogen-bond donors (Lipinski definition) is 0. The molecule has 0 aromatic heterocycles. The number of hydrogen-bond acceptors (Lipinski definition) is 2. The Morgan fingerprint density at radius 3 is 2.37 bits per heavy atom. The minimum atomic E-state index is -0.0209. The Morgan fingerprint density at radius 2 is 1.79 bits per heavy atom. The van der Waals surface area contributed by atoms with Crippen molar-refractivity contribution >= 4 is 5.97 Å². The van der Waals surface area contributed by atoms with Crippen LogP contribution in [-0.2, 0) is 22.4 Å². The third kappa shape index (κ3) is 3.59. The molecule has 0 saturated heterocycles. The maximum atomic E-state index is 11.5. The zero-order chi connectivity index (χ0) is 13.7. The molecule has 0 radical (unpaired) electrons. The second-order valence-corrected chi connectivity index (χ2v) is 5.57. The number of ether oxygens (including phenoxy) is 1. The monoisotopic (exact) mass is 260 g/mol. The summed E-state index contributed by atoms with van der Waals surface area (Å²) in [6.45, 7) is 2.22. The SMILES string of the molecule is CCc1ccccc1CC1CCC(C(=O)OC)CC1. The summed E-state index contributed by atoms with van der Waals surface area (Å²) in [5, 5.41) is 0. The van der Waals surface area contributed by atoms with Crippen molar-refractivity contribution in [2.45, 2.75) is 45.4 Å². The van der Waals surface area contributed by atoms with E-state index in [9.17, 15) is 4.79 Å². The molecular weight excluding hydrogens is 236 g/mol. The highest BCUT2D eigenvalue weighted by molar-refractivity contribution is 5.72.